The van der Waals surface area contributed by atoms with Crippen molar-refractivity contribution in [3.05, 3.63) is 54.0 Å². The van der Waals surface area contributed by atoms with Gasteiger partial charge in [-0.1, -0.05) is 12.1 Å². The first-order valence-corrected chi connectivity index (χ1v) is 10.0. The number of hydrogen-bond acceptors (Lipinski definition) is 4. The van der Waals surface area contributed by atoms with Crippen LogP contribution in [0.3, 0.4) is 0 Å². The van der Waals surface area contributed by atoms with Gasteiger partial charge in [0.25, 0.3) is 5.91 Å². The van der Waals surface area contributed by atoms with Crippen molar-refractivity contribution in [2.45, 2.75) is 39.2 Å². The molecule has 1 aromatic heterocycles. The van der Waals surface area contributed by atoms with Crippen molar-refractivity contribution in [1.29, 1.82) is 0 Å². The number of likely N-dealkylation sites (tertiary alicyclic amines) is 1. The smallest absolute Gasteiger partial charge is 0.290 e. The van der Waals surface area contributed by atoms with E-state index in [-0.39, 0.29) is 17.6 Å². The number of aryl methyl sites for hydroxylation is 1. The molecule has 6 nitrogen and oxygen atoms in total. The quantitative estimate of drug-likeness (QED) is 0.797. The summed E-state index contributed by atoms with van der Waals surface area (Å²) in [5.74, 6) is -0.00370. The predicted octanol–water partition coefficient (Wildman–Crippen LogP) is 3.23. The van der Waals surface area contributed by atoms with Crippen LogP contribution in [-0.2, 0) is 4.79 Å². The molecule has 2 heterocycles. The second-order valence-electron chi connectivity index (χ2n) is 7.20. The van der Waals surface area contributed by atoms with E-state index in [4.69, 9.17) is 4.42 Å². The predicted molar refractivity (Wildman–Crippen MR) is 109 cm³/mol. The van der Waals surface area contributed by atoms with E-state index in [9.17, 15) is 9.59 Å². The van der Waals surface area contributed by atoms with Gasteiger partial charge in [0, 0.05) is 31.9 Å². The lowest BCUT2D eigenvalue weighted by Gasteiger charge is -2.34. The fraction of sp³-hybridized carbons (Fsp3) is 0.455. The van der Waals surface area contributed by atoms with E-state index >= 15 is 0 Å². The first-order chi connectivity index (χ1) is 13.6. The topological polar surface area (TPSA) is 65.8 Å². The van der Waals surface area contributed by atoms with Crippen LogP contribution in [-0.4, -0.2) is 48.9 Å². The number of amides is 2. The summed E-state index contributed by atoms with van der Waals surface area (Å²) in [6.45, 7) is 6.90. The Labute approximate surface area is 166 Å². The van der Waals surface area contributed by atoms with E-state index in [2.05, 4.69) is 42.3 Å². The van der Waals surface area contributed by atoms with E-state index in [1.165, 1.54) is 11.8 Å². The molecule has 2 amide bonds. The Morgan fingerprint density at radius 3 is 2.82 bits per heavy atom. The molecule has 28 heavy (non-hydrogen) atoms. The van der Waals surface area contributed by atoms with E-state index in [0.29, 0.717) is 19.5 Å². The maximum Gasteiger partial charge on any atom is 0.290 e. The van der Waals surface area contributed by atoms with Gasteiger partial charge in [-0.15, -0.1) is 0 Å². The zero-order chi connectivity index (χ0) is 19.9. The number of benzene rings is 1. The molecular weight excluding hydrogens is 354 g/mol. The highest BCUT2D eigenvalue weighted by Crippen LogP contribution is 2.20. The van der Waals surface area contributed by atoms with Gasteiger partial charge in [0.15, 0.2) is 5.76 Å². The molecule has 0 saturated carbocycles. The molecule has 2 aromatic rings. The number of hydrogen-bond donors (Lipinski definition) is 1. The van der Waals surface area contributed by atoms with Crippen LogP contribution < -0.4 is 10.2 Å². The van der Waals surface area contributed by atoms with Gasteiger partial charge >= 0.3 is 0 Å². The van der Waals surface area contributed by atoms with E-state index in [1.807, 2.05) is 6.07 Å². The molecule has 0 radical (unpaired) electrons. The van der Waals surface area contributed by atoms with Crippen molar-refractivity contribution in [1.82, 2.24) is 10.2 Å². The molecule has 1 saturated heterocycles. The van der Waals surface area contributed by atoms with Crippen LogP contribution in [0.1, 0.15) is 42.3 Å². The number of carbonyl (C=O) groups is 2. The van der Waals surface area contributed by atoms with Crippen LogP contribution in [0, 0.1) is 6.92 Å². The summed E-state index contributed by atoms with van der Waals surface area (Å²) in [6, 6.07) is 11.3. The summed E-state index contributed by atoms with van der Waals surface area (Å²) in [4.78, 5) is 29.3. The van der Waals surface area contributed by atoms with Gasteiger partial charge in [0.1, 0.15) is 6.04 Å². The molecule has 0 bridgehead atoms. The summed E-state index contributed by atoms with van der Waals surface area (Å²) in [5.41, 5.74) is 2.37. The van der Waals surface area contributed by atoms with Gasteiger partial charge in [0.05, 0.1) is 6.26 Å². The van der Waals surface area contributed by atoms with E-state index < -0.39 is 6.04 Å². The Morgan fingerprint density at radius 1 is 1.25 bits per heavy atom. The molecule has 1 aliphatic heterocycles. The maximum absolute atomic E-state index is 12.8. The Bertz CT molecular complexity index is 788. The summed E-state index contributed by atoms with van der Waals surface area (Å²) in [7, 11) is 0. The van der Waals surface area contributed by atoms with Gasteiger partial charge in [-0.05, 0) is 62.9 Å². The monoisotopic (exact) mass is 383 g/mol. The number of piperidine rings is 1. The number of nitrogens with zero attached hydrogens (tertiary/aromatic N) is 2. The zero-order valence-electron chi connectivity index (χ0n) is 16.7. The number of anilines is 1. The van der Waals surface area contributed by atoms with Gasteiger partial charge in [-0.3, -0.25) is 9.59 Å². The van der Waals surface area contributed by atoms with Crippen LogP contribution in [0.5, 0.6) is 0 Å². The fourth-order valence-electron chi connectivity index (χ4n) is 3.72. The SMILES string of the molecule is CCN(CCNC(=O)C1CCCCN1C(=O)c1ccco1)c1cccc(C)c1. The minimum atomic E-state index is -0.430. The number of carbonyl (C=O) groups excluding carboxylic acids is 2. The third-order valence-electron chi connectivity index (χ3n) is 5.23. The second kappa shape index (κ2) is 9.44. The minimum absolute atomic E-state index is 0.0834. The highest BCUT2D eigenvalue weighted by molar-refractivity contribution is 5.95. The summed E-state index contributed by atoms with van der Waals surface area (Å²) in [6.07, 6.45) is 4.03. The first-order valence-electron chi connectivity index (χ1n) is 10.0. The average molecular weight is 383 g/mol. The van der Waals surface area contributed by atoms with Gasteiger partial charge in [0.2, 0.25) is 5.91 Å². The molecule has 1 unspecified atom stereocenters. The lowest BCUT2D eigenvalue weighted by molar-refractivity contribution is -0.126. The van der Waals surface area contributed by atoms with Crippen molar-refractivity contribution >= 4 is 17.5 Å². The van der Waals surface area contributed by atoms with Crippen molar-refractivity contribution in [2.24, 2.45) is 0 Å². The van der Waals surface area contributed by atoms with Crippen molar-refractivity contribution < 1.29 is 14.0 Å². The second-order valence-corrected chi connectivity index (χ2v) is 7.20. The summed E-state index contributed by atoms with van der Waals surface area (Å²) >= 11 is 0. The fourth-order valence-corrected chi connectivity index (χ4v) is 3.72. The first kappa shape index (κ1) is 20.0. The summed E-state index contributed by atoms with van der Waals surface area (Å²) < 4.78 is 5.23. The Kier molecular flexibility index (Phi) is 6.74. The molecule has 1 atom stereocenters. The van der Waals surface area contributed by atoms with Gasteiger partial charge in [-0.2, -0.15) is 0 Å². The summed E-state index contributed by atoms with van der Waals surface area (Å²) in [5, 5.41) is 3.03. The highest BCUT2D eigenvalue weighted by Gasteiger charge is 2.33. The maximum atomic E-state index is 12.8. The van der Waals surface area contributed by atoms with Gasteiger partial charge in [-0.25, -0.2) is 0 Å². The number of furan rings is 1. The third kappa shape index (κ3) is 4.74. The molecule has 1 fully saturated rings. The molecular formula is C22H29N3O3. The van der Waals surface area contributed by atoms with Crippen LogP contribution in [0.2, 0.25) is 0 Å². The average Bonchev–Trinajstić information content (AvgIpc) is 3.25. The van der Waals surface area contributed by atoms with Crippen LogP contribution in [0.4, 0.5) is 5.69 Å². The van der Waals surface area contributed by atoms with Crippen LogP contribution in [0.25, 0.3) is 0 Å². The van der Waals surface area contributed by atoms with Gasteiger partial charge < -0.3 is 19.5 Å². The normalized spacial score (nSPS) is 16.6. The van der Waals surface area contributed by atoms with E-state index in [1.54, 1.807) is 17.0 Å². The van der Waals surface area contributed by atoms with Crippen molar-refractivity contribution in [3.8, 4) is 0 Å². The van der Waals surface area contributed by atoms with Crippen molar-refractivity contribution in [2.75, 3.05) is 31.1 Å². The van der Waals surface area contributed by atoms with Crippen molar-refractivity contribution in [3.63, 3.8) is 0 Å². The molecule has 6 heteroatoms. The minimum Gasteiger partial charge on any atom is -0.459 e. The molecule has 150 valence electrons. The van der Waals surface area contributed by atoms with Crippen LogP contribution in [0.15, 0.2) is 47.1 Å². The molecule has 3 rings (SSSR count). The lowest BCUT2D eigenvalue weighted by atomic mass is 10.0. The number of rotatable bonds is 7. The largest absolute Gasteiger partial charge is 0.459 e. The number of nitrogens with one attached hydrogen (secondary N) is 1. The standard InChI is InChI=1S/C22H29N3O3/c1-3-24(18-9-6-8-17(2)16-18)14-12-23-21(26)19-10-4-5-13-25(19)22(27)20-11-7-15-28-20/h6-9,11,15-16,19H,3-5,10,12-14H2,1-2H3,(H,23,26). The Morgan fingerprint density at radius 2 is 2.11 bits per heavy atom. The Balaban J connectivity index is 1.57. The third-order valence-corrected chi connectivity index (χ3v) is 5.23. The molecule has 1 N–H and O–H groups in total. The molecule has 0 aliphatic carbocycles. The lowest BCUT2D eigenvalue weighted by Crippen LogP contribution is -2.52. The highest BCUT2D eigenvalue weighted by atomic mass is 16.3. The Hall–Kier alpha value is -2.76. The molecule has 0 spiro atoms. The van der Waals surface area contributed by atoms with E-state index in [0.717, 1.165) is 31.6 Å². The molecule has 1 aliphatic rings. The van der Waals surface area contributed by atoms with Crippen LogP contribution >= 0.6 is 0 Å². The number of likely N-dealkylation sites (N-methyl/N-ethyl adjacent to an activating group) is 1. The zero-order valence-corrected chi connectivity index (χ0v) is 16.7. The molecule has 1 aromatic carbocycles.